The van der Waals surface area contributed by atoms with Crippen LogP contribution in [0.4, 0.5) is 0 Å². The maximum Gasteiger partial charge on any atom is 0.191 e. The molecule has 126 valence electrons. The number of furan rings is 1. The number of rotatable bonds is 5. The van der Waals surface area contributed by atoms with Crippen molar-refractivity contribution < 1.29 is 4.42 Å². The van der Waals surface area contributed by atoms with Crippen LogP contribution in [0.1, 0.15) is 25.2 Å². The molecule has 2 rings (SSSR count). The fourth-order valence-electron chi connectivity index (χ4n) is 2.24. The summed E-state index contributed by atoms with van der Waals surface area (Å²) in [7, 11) is 5.94. The number of hydrogen-bond donors (Lipinski definition) is 2. The van der Waals surface area contributed by atoms with Gasteiger partial charge in [0, 0.05) is 30.1 Å². The van der Waals surface area contributed by atoms with Crippen LogP contribution in [0.2, 0.25) is 0 Å². The average molecular weight is 316 g/mol. The molecule has 1 aromatic heterocycles. The van der Waals surface area contributed by atoms with Gasteiger partial charge in [-0.25, -0.2) is 0 Å². The van der Waals surface area contributed by atoms with E-state index in [9.17, 15) is 0 Å². The smallest absolute Gasteiger partial charge is 0.191 e. The highest BCUT2D eigenvalue weighted by Gasteiger charge is 2.20. The third kappa shape index (κ3) is 4.05. The molecule has 2 N–H and O–H groups in total. The number of aryl methyl sites for hydroxylation is 1. The second-order valence-corrected chi connectivity index (χ2v) is 6.63. The van der Waals surface area contributed by atoms with Crippen LogP contribution in [0, 0.1) is 6.92 Å². The summed E-state index contributed by atoms with van der Waals surface area (Å²) < 4.78 is 5.92. The van der Waals surface area contributed by atoms with E-state index in [2.05, 4.69) is 61.5 Å². The first kappa shape index (κ1) is 17.3. The number of para-hydroxylation sites is 1. The molecule has 0 aliphatic rings. The van der Waals surface area contributed by atoms with E-state index in [0.29, 0.717) is 6.54 Å². The Morgan fingerprint density at radius 3 is 2.52 bits per heavy atom. The Labute approximate surface area is 138 Å². The van der Waals surface area contributed by atoms with E-state index >= 15 is 0 Å². The Morgan fingerprint density at radius 2 is 1.91 bits per heavy atom. The molecule has 1 aromatic carbocycles. The van der Waals surface area contributed by atoms with Gasteiger partial charge >= 0.3 is 0 Å². The lowest BCUT2D eigenvalue weighted by molar-refractivity contribution is 0.197. The molecule has 0 aliphatic heterocycles. The second kappa shape index (κ2) is 7.04. The van der Waals surface area contributed by atoms with E-state index in [0.717, 1.165) is 23.8 Å². The highest BCUT2D eigenvalue weighted by atomic mass is 16.3. The molecule has 0 saturated heterocycles. The molecule has 0 aliphatic carbocycles. The van der Waals surface area contributed by atoms with Crippen molar-refractivity contribution in [3.63, 3.8) is 0 Å². The van der Waals surface area contributed by atoms with E-state index < -0.39 is 0 Å². The third-order valence-corrected chi connectivity index (χ3v) is 4.48. The molecular formula is C18H28N4O. The van der Waals surface area contributed by atoms with Crippen molar-refractivity contribution in [2.75, 3.05) is 27.7 Å². The molecule has 23 heavy (non-hydrogen) atoms. The average Bonchev–Trinajstić information content (AvgIpc) is 2.84. The summed E-state index contributed by atoms with van der Waals surface area (Å²) in [5, 5.41) is 7.86. The summed E-state index contributed by atoms with van der Waals surface area (Å²) >= 11 is 0. The zero-order chi connectivity index (χ0) is 17.0. The molecule has 0 fully saturated rings. The van der Waals surface area contributed by atoms with Crippen LogP contribution in [-0.4, -0.2) is 44.1 Å². The summed E-state index contributed by atoms with van der Waals surface area (Å²) in [5.41, 5.74) is 2.16. The quantitative estimate of drug-likeness (QED) is 0.658. The minimum absolute atomic E-state index is 0.0485. The van der Waals surface area contributed by atoms with E-state index in [1.54, 1.807) is 7.05 Å². The Balaban J connectivity index is 1.99. The fraction of sp³-hybridized carbons (Fsp3) is 0.500. The van der Waals surface area contributed by atoms with Gasteiger partial charge in [0.1, 0.15) is 11.3 Å². The zero-order valence-electron chi connectivity index (χ0n) is 15.0. The molecule has 0 saturated carbocycles. The normalized spacial score (nSPS) is 12.9. The van der Waals surface area contributed by atoms with Gasteiger partial charge in [0.2, 0.25) is 0 Å². The Hall–Kier alpha value is -2.01. The van der Waals surface area contributed by atoms with Gasteiger partial charge in [-0.1, -0.05) is 18.2 Å². The van der Waals surface area contributed by atoms with Gasteiger partial charge in [0.15, 0.2) is 5.96 Å². The molecule has 0 unspecified atom stereocenters. The molecule has 0 spiro atoms. The number of likely N-dealkylation sites (N-methyl/N-ethyl adjacent to an activating group) is 1. The minimum atomic E-state index is 0.0485. The Kier molecular flexibility index (Phi) is 5.31. The van der Waals surface area contributed by atoms with Crippen LogP contribution in [0.25, 0.3) is 11.0 Å². The van der Waals surface area contributed by atoms with Gasteiger partial charge < -0.3 is 20.0 Å². The minimum Gasteiger partial charge on any atom is -0.459 e. The number of aliphatic imine (C=N–C) groups is 1. The molecule has 5 nitrogen and oxygen atoms in total. The molecule has 0 amide bonds. The van der Waals surface area contributed by atoms with E-state index in [1.807, 2.05) is 18.2 Å². The largest absolute Gasteiger partial charge is 0.459 e. The van der Waals surface area contributed by atoms with Gasteiger partial charge in [0.05, 0.1) is 6.54 Å². The first-order valence-electron chi connectivity index (χ1n) is 7.94. The lowest BCUT2D eigenvalue weighted by Gasteiger charge is -2.33. The molecular weight excluding hydrogens is 288 g/mol. The molecule has 0 radical (unpaired) electrons. The predicted octanol–water partition coefficient (Wildman–Crippen LogP) is 2.75. The van der Waals surface area contributed by atoms with Crippen molar-refractivity contribution in [2.24, 2.45) is 4.99 Å². The van der Waals surface area contributed by atoms with Crippen molar-refractivity contribution in [1.29, 1.82) is 0 Å². The number of hydrogen-bond acceptors (Lipinski definition) is 3. The van der Waals surface area contributed by atoms with Crippen LogP contribution >= 0.6 is 0 Å². The van der Waals surface area contributed by atoms with Gasteiger partial charge in [-0.05, 0) is 40.9 Å². The highest BCUT2D eigenvalue weighted by molar-refractivity contribution is 5.82. The predicted molar refractivity (Wildman–Crippen MR) is 96.9 cm³/mol. The number of guanidine groups is 1. The topological polar surface area (TPSA) is 52.8 Å². The standard InChI is InChI=1S/C18H28N4O/c1-13-14-9-7-8-10-15(14)23-16(13)11-20-17(19-4)21-12-18(2,3)22(5)6/h7-10H,11-12H2,1-6H3,(H2,19,20,21). The first-order valence-corrected chi connectivity index (χ1v) is 7.94. The van der Waals surface area contributed by atoms with Crippen LogP contribution < -0.4 is 10.6 Å². The SMILES string of the molecule is CN=C(NCc1oc2ccccc2c1C)NCC(C)(C)N(C)C. The zero-order valence-corrected chi connectivity index (χ0v) is 15.0. The highest BCUT2D eigenvalue weighted by Crippen LogP contribution is 2.24. The van der Waals surface area contributed by atoms with Crippen molar-refractivity contribution in [3.8, 4) is 0 Å². The first-order chi connectivity index (χ1) is 10.8. The van der Waals surface area contributed by atoms with Crippen molar-refractivity contribution in [1.82, 2.24) is 15.5 Å². The van der Waals surface area contributed by atoms with Crippen molar-refractivity contribution in [2.45, 2.75) is 32.9 Å². The van der Waals surface area contributed by atoms with Gasteiger partial charge in [-0.15, -0.1) is 0 Å². The summed E-state index contributed by atoms with van der Waals surface area (Å²) in [6.45, 7) is 7.89. The summed E-state index contributed by atoms with van der Waals surface area (Å²) in [6.07, 6.45) is 0. The number of fused-ring (bicyclic) bond motifs is 1. The van der Waals surface area contributed by atoms with Crippen LogP contribution in [0.5, 0.6) is 0 Å². The van der Waals surface area contributed by atoms with Crippen LogP contribution in [0.15, 0.2) is 33.7 Å². The fourth-order valence-corrected chi connectivity index (χ4v) is 2.24. The van der Waals surface area contributed by atoms with E-state index in [4.69, 9.17) is 4.42 Å². The maximum absolute atomic E-state index is 5.92. The second-order valence-electron chi connectivity index (χ2n) is 6.63. The summed E-state index contributed by atoms with van der Waals surface area (Å²) in [4.78, 5) is 6.47. The monoisotopic (exact) mass is 316 g/mol. The lowest BCUT2D eigenvalue weighted by atomic mass is 10.0. The summed E-state index contributed by atoms with van der Waals surface area (Å²) in [6, 6.07) is 8.11. The Bertz CT molecular complexity index is 685. The number of nitrogens with zero attached hydrogens (tertiary/aromatic N) is 2. The van der Waals surface area contributed by atoms with Gasteiger partial charge in [0.25, 0.3) is 0 Å². The van der Waals surface area contributed by atoms with E-state index in [1.165, 1.54) is 10.9 Å². The van der Waals surface area contributed by atoms with Crippen LogP contribution in [0.3, 0.4) is 0 Å². The molecule has 5 heteroatoms. The maximum atomic E-state index is 5.92. The Morgan fingerprint density at radius 1 is 1.22 bits per heavy atom. The van der Waals surface area contributed by atoms with E-state index in [-0.39, 0.29) is 5.54 Å². The van der Waals surface area contributed by atoms with Crippen molar-refractivity contribution in [3.05, 3.63) is 35.6 Å². The molecule has 0 atom stereocenters. The van der Waals surface area contributed by atoms with Crippen LogP contribution in [-0.2, 0) is 6.54 Å². The third-order valence-electron chi connectivity index (χ3n) is 4.48. The van der Waals surface area contributed by atoms with Crippen molar-refractivity contribution >= 4 is 16.9 Å². The molecule has 1 heterocycles. The number of benzene rings is 1. The lowest BCUT2D eigenvalue weighted by Crippen LogP contribution is -2.50. The molecule has 0 bridgehead atoms. The summed E-state index contributed by atoms with van der Waals surface area (Å²) in [5.74, 6) is 1.72. The van der Waals surface area contributed by atoms with Gasteiger partial charge in [-0.2, -0.15) is 0 Å². The molecule has 2 aromatic rings. The van der Waals surface area contributed by atoms with Gasteiger partial charge in [-0.3, -0.25) is 4.99 Å². The number of nitrogens with one attached hydrogen (secondary N) is 2.